The normalized spacial score (nSPS) is 10.9. The van der Waals surface area contributed by atoms with Gasteiger partial charge in [-0.2, -0.15) is 0 Å². The molecule has 114 valence electrons. The monoisotopic (exact) mass is 316 g/mol. The van der Waals surface area contributed by atoms with E-state index in [4.69, 9.17) is 0 Å². The maximum atomic E-state index is 4.15. The van der Waals surface area contributed by atoms with Crippen LogP contribution in [0.1, 0.15) is 16.7 Å². The first-order chi connectivity index (χ1) is 11.1. The van der Waals surface area contributed by atoms with Gasteiger partial charge in [-0.25, -0.2) is 0 Å². The number of rotatable bonds is 3. The molecule has 0 heterocycles. The van der Waals surface area contributed by atoms with Crippen molar-refractivity contribution in [3.05, 3.63) is 77.4 Å². The van der Waals surface area contributed by atoms with Crippen LogP contribution in [0.25, 0.3) is 22.3 Å². The van der Waals surface area contributed by atoms with E-state index in [9.17, 15) is 0 Å². The van der Waals surface area contributed by atoms with Crippen LogP contribution >= 0.6 is 8.20 Å². The number of hydrogen-bond acceptors (Lipinski definition) is 0. The maximum Gasteiger partial charge on any atom is 0.00831 e. The van der Waals surface area contributed by atoms with Gasteiger partial charge in [-0.05, 0) is 59.7 Å². The summed E-state index contributed by atoms with van der Waals surface area (Å²) in [5.41, 5.74) is 9.31. The Morgan fingerprint density at radius 1 is 0.609 bits per heavy atom. The molecule has 1 heteroatoms. The van der Waals surface area contributed by atoms with Gasteiger partial charge in [0.25, 0.3) is 0 Å². The molecule has 23 heavy (non-hydrogen) atoms. The summed E-state index contributed by atoms with van der Waals surface area (Å²) in [7, 11) is 1.08. The van der Waals surface area contributed by atoms with Crippen molar-refractivity contribution in [1.82, 2.24) is 0 Å². The third-order valence-electron chi connectivity index (χ3n) is 4.49. The second-order valence-corrected chi connectivity index (χ2v) is 6.63. The minimum Gasteiger partial charge on any atom is -0.0758 e. The summed E-state index contributed by atoms with van der Waals surface area (Å²) in [5, 5.41) is 1.34. The predicted octanol–water partition coefficient (Wildman–Crippen LogP) is 5.95. The van der Waals surface area contributed by atoms with Gasteiger partial charge < -0.3 is 0 Å². The van der Waals surface area contributed by atoms with E-state index < -0.39 is 0 Å². The zero-order chi connectivity index (χ0) is 16.4. The second kappa shape index (κ2) is 6.52. The summed E-state index contributed by atoms with van der Waals surface area (Å²) in [6.07, 6.45) is 4.15. The standard InChI is InChI=1S/C22H21P/c1-15-20(18-11-7-5-8-12-18)16(2)22(23-4)17(3)21(15)19-13-9-6-10-14-19/h5-14H,4H2,1-3H3. The Labute approximate surface area is 140 Å². The molecule has 3 aromatic rings. The molecule has 0 unspecified atom stereocenters. The van der Waals surface area contributed by atoms with Crippen molar-refractivity contribution >= 4 is 19.8 Å². The van der Waals surface area contributed by atoms with Crippen molar-refractivity contribution in [2.45, 2.75) is 20.8 Å². The number of benzene rings is 3. The Bertz CT molecular complexity index is 780. The smallest absolute Gasteiger partial charge is 0.00831 e. The van der Waals surface area contributed by atoms with Gasteiger partial charge in [-0.15, -0.1) is 0 Å². The molecule has 0 N–H and O–H groups in total. The fraction of sp³-hybridized carbons (Fsp3) is 0.136. The average Bonchev–Trinajstić information content (AvgIpc) is 2.57. The molecule has 0 amide bonds. The molecule has 0 spiro atoms. The Morgan fingerprint density at radius 2 is 1.00 bits per heavy atom. The van der Waals surface area contributed by atoms with Crippen LogP contribution in [0.15, 0.2) is 60.7 Å². The summed E-state index contributed by atoms with van der Waals surface area (Å²) in [6, 6.07) is 21.4. The lowest BCUT2D eigenvalue weighted by Crippen LogP contribution is -2.10. The maximum absolute atomic E-state index is 4.15. The summed E-state index contributed by atoms with van der Waals surface area (Å²) in [6.45, 7) is 6.70. The topological polar surface area (TPSA) is 0 Å². The third kappa shape index (κ3) is 2.76. The zero-order valence-electron chi connectivity index (χ0n) is 13.9. The molecular formula is C22H21P. The highest BCUT2D eigenvalue weighted by atomic mass is 31.1. The van der Waals surface area contributed by atoms with Crippen LogP contribution in [0.2, 0.25) is 0 Å². The molecular weight excluding hydrogens is 295 g/mol. The summed E-state index contributed by atoms with van der Waals surface area (Å²) in [4.78, 5) is 0. The highest BCUT2D eigenvalue weighted by Crippen LogP contribution is 2.37. The fourth-order valence-corrected chi connectivity index (χ4v) is 4.22. The van der Waals surface area contributed by atoms with Gasteiger partial charge in [0.1, 0.15) is 0 Å². The summed E-state index contributed by atoms with van der Waals surface area (Å²) in [5.74, 6) is 0. The first kappa shape index (κ1) is 15.7. The average molecular weight is 316 g/mol. The third-order valence-corrected chi connectivity index (χ3v) is 5.48. The van der Waals surface area contributed by atoms with Crippen LogP contribution in [0, 0.1) is 20.8 Å². The summed E-state index contributed by atoms with van der Waals surface area (Å²) < 4.78 is 0. The van der Waals surface area contributed by atoms with Crippen LogP contribution in [-0.2, 0) is 0 Å². The lowest BCUT2D eigenvalue weighted by Gasteiger charge is -2.21. The molecule has 0 atom stereocenters. The lowest BCUT2D eigenvalue weighted by molar-refractivity contribution is 1.35. The van der Waals surface area contributed by atoms with Crippen molar-refractivity contribution in [2.75, 3.05) is 0 Å². The highest BCUT2D eigenvalue weighted by Gasteiger charge is 2.17. The van der Waals surface area contributed by atoms with E-state index in [0.29, 0.717) is 0 Å². The van der Waals surface area contributed by atoms with E-state index in [-0.39, 0.29) is 0 Å². The van der Waals surface area contributed by atoms with Gasteiger partial charge >= 0.3 is 0 Å². The molecule has 0 aromatic heterocycles. The van der Waals surface area contributed by atoms with Gasteiger partial charge in [-0.1, -0.05) is 75.2 Å². The molecule has 0 aliphatic heterocycles. The minimum atomic E-state index is 1.08. The first-order valence-electron chi connectivity index (χ1n) is 7.86. The van der Waals surface area contributed by atoms with Crippen LogP contribution in [0.5, 0.6) is 0 Å². The van der Waals surface area contributed by atoms with E-state index in [0.717, 1.165) is 8.20 Å². The Kier molecular flexibility index (Phi) is 4.46. The molecule has 0 bridgehead atoms. The van der Waals surface area contributed by atoms with Gasteiger partial charge in [0, 0.05) is 5.30 Å². The van der Waals surface area contributed by atoms with Gasteiger partial charge in [-0.3, -0.25) is 0 Å². The molecule has 0 radical (unpaired) electrons. The molecule has 3 rings (SSSR count). The SMILES string of the molecule is C=Pc1c(C)c(-c2ccccc2)c(C)c(-c2ccccc2)c1C. The molecule has 3 aromatic carbocycles. The van der Waals surface area contributed by atoms with Crippen molar-refractivity contribution in [3.8, 4) is 22.3 Å². The van der Waals surface area contributed by atoms with Gasteiger partial charge in [0.05, 0.1) is 0 Å². The van der Waals surface area contributed by atoms with Crippen molar-refractivity contribution in [1.29, 1.82) is 0 Å². The van der Waals surface area contributed by atoms with Crippen LogP contribution in [0.3, 0.4) is 0 Å². The predicted molar refractivity (Wildman–Crippen MR) is 105 cm³/mol. The van der Waals surface area contributed by atoms with Crippen LogP contribution in [0.4, 0.5) is 0 Å². The molecule has 0 aliphatic rings. The summed E-state index contributed by atoms with van der Waals surface area (Å²) >= 11 is 0. The molecule has 0 saturated carbocycles. The van der Waals surface area contributed by atoms with Crippen molar-refractivity contribution in [3.63, 3.8) is 0 Å². The van der Waals surface area contributed by atoms with Gasteiger partial charge in [0.15, 0.2) is 0 Å². The minimum absolute atomic E-state index is 1.08. The van der Waals surface area contributed by atoms with Crippen molar-refractivity contribution < 1.29 is 0 Å². The second-order valence-electron chi connectivity index (χ2n) is 5.86. The van der Waals surface area contributed by atoms with E-state index in [2.05, 4.69) is 87.7 Å². The fourth-order valence-electron chi connectivity index (χ4n) is 3.52. The number of hydrogen-bond donors (Lipinski definition) is 0. The Hall–Kier alpha value is -2.17. The van der Waals surface area contributed by atoms with Crippen LogP contribution < -0.4 is 5.30 Å². The quantitative estimate of drug-likeness (QED) is 0.524. The van der Waals surface area contributed by atoms with E-state index in [1.165, 1.54) is 44.2 Å². The zero-order valence-corrected chi connectivity index (χ0v) is 14.8. The van der Waals surface area contributed by atoms with Crippen molar-refractivity contribution in [2.24, 2.45) is 0 Å². The Balaban J connectivity index is 2.40. The highest BCUT2D eigenvalue weighted by molar-refractivity contribution is 7.45. The van der Waals surface area contributed by atoms with Crippen LogP contribution in [-0.4, -0.2) is 6.30 Å². The first-order valence-corrected chi connectivity index (χ1v) is 8.94. The molecule has 0 nitrogen and oxygen atoms in total. The largest absolute Gasteiger partial charge is 0.0758 e. The molecule has 0 fully saturated rings. The molecule has 0 saturated heterocycles. The lowest BCUT2D eigenvalue weighted by atomic mass is 9.86. The van der Waals surface area contributed by atoms with E-state index in [1.807, 2.05) is 0 Å². The van der Waals surface area contributed by atoms with Gasteiger partial charge in [0.2, 0.25) is 0 Å². The molecule has 0 aliphatic carbocycles. The van der Waals surface area contributed by atoms with E-state index in [1.54, 1.807) is 0 Å². The van der Waals surface area contributed by atoms with E-state index >= 15 is 0 Å². The Morgan fingerprint density at radius 3 is 1.35 bits per heavy atom.